The summed E-state index contributed by atoms with van der Waals surface area (Å²) < 4.78 is 5.59. The van der Waals surface area contributed by atoms with Gasteiger partial charge in [0.2, 0.25) is 0 Å². The van der Waals surface area contributed by atoms with Crippen LogP contribution in [0.4, 0.5) is 0 Å². The van der Waals surface area contributed by atoms with Gasteiger partial charge in [0.1, 0.15) is 5.69 Å². The minimum Gasteiger partial charge on any atom is -0.449 e. The van der Waals surface area contributed by atoms with E-state index in [1.54, 1.807) is 23.5 Å². The van der Waals surface area contributed by atoms with Gasteiger partial charge in [-0.15, -0.1) is 11.3 Å². The van der Waals surface area contributed by atoms with Gasteiger partial charge in [0.15, 0.2) is 11.5 Å². The lowest BCUT2D eigenvalue weighted by atomic mass is 10.2. The number of rotatable bonds is 3. The van der Waals surface area contributed by atoms with Crippen LogP contribution in [0.2, 0.25) is 0 Å². The fourth-order valence-electron chi connectivity index (χ4n) is 2.40. The van der Waals surface area contributed by atoms with Crippen molar-refractivity contribution in [1.29, 1.82) is 0 Å². The fraction of sp³-hybridized carbons (Fsp3) is 0.429. The molecule has 3 rings (SSSR count). The van der Waals surface area contributed by atoms with Gasteiger partial charge in [-0.3, -0.25) is 4.79 Å². The van der Waals surface area contributed by atoms with Gasteiger partial charge in [-0.1, -0.05) is 12.8 Å². The second-order valence-electron chi connectivity index (χ2n) is 4.87. The molecule has 2 aromatic rings. The fourth-order valence-corrected chi connectivity index (χ4v) is 3.00. The Morgan fingerprint density at radius 2 is 2.21 bits per heavy atom. The Bertz CT molecular complexity index is 582. The van der Waals surface area contributed by atoms with Crippen molar-refractivity contribution in [3.8, 4) is 11.5 Å². The summed E-state index contributed by atoms with van der Waals surface area (Å²) in [6, 6.07) is 3.83. The summed E-state index contributed by atoms with van der Waals surface area (Å²) >= 11 is 1.57. The third-order valence-corrected chi connectivity index (χ3v) is 4.17. The largest absolute Gasteiger partial charge is 0.449 e. The van der Waals surface area contributed by atoms with E-state index >= 15 is 0 Å². The van der Waals surface area contributed by atoms with E-state index in [0.29, 0.717) is 17.6 Å². The first-order valence-electron chi connectivity index (χ1n) is 6.55. The van der Waals surface area contributed by atoms with Crippen molar-refractivity contribution in [1.82, 2.24) is 10.3 Å². The van der Waals surface area contributed by atoms with Gasteiger partial charge >= 0.3 is 0 Å². The predicted octanol–water partition coefficient (Wildman–Crippen LogP) is 3.38. The number of carbonyl (C=O) groups is 1. The Morgan fingerprint density at radius 3 is 2.89 bits per heavy atom. The third-order valence-electron chi connectivity index (χ3n) is 3.39. The van der Waals surface area contributed by atoms with Crippen LogP contribution in [0.1, 0.15) is 41.2 Å². The molecule has 4 nitrogen and oxygen atoms in total. The zero-order valence-electron chi connectivity index (χ0n) is 10.8. The maximum Gasteiger partial charge on any atom is 0.287 e. The molecule has 2 aromatic heterocycles. The maximum absolute atomic E-state index is 12.0. The Hall–Kier alpha value is -1.62. The summed E-state index contributed by atoms with van der Waals surface area (Å²) in [4.78, 5) is 16.4. The highest BCUT2D eigenvalue weighted by Gasteiger charge is 2.20. The zero-order valence-corrected chi connectivity index (χ0v) is 11.6. The Morgan fingerprint density at radius 1 is 1.42 bits per heavy atom. The van der Waals surface area contributed by atoms with E-state index in [4.69, 9.17) is 4.42 Å². The van der Waals surface area contributed by atoms with E-state index in [9.17, 15) is 4.79 Å². The van der Waals surface area contributed by atoms with Gasteiger partial charge < -0.3 is 9.73 Å². The number of nitrogens with zero attached hydrogens (tertiary/aromatic N) is 1. The summed E-state index contributed by atoms with van der Waals surface area (Å²) in [5.74, 6) is 0.901. The molecule has 1 N–H and O–H groups in total. The van der Waals surface area contributed by atoms with Gasteiger partial charge in [-0.2, -0.15) is 0 Å². The number of hydrogen-bond acceptors (Lipinski definition) is 4. The quantitative estimate of drug-likeness (QED) is 0.935. The van der Waals surface area contributed by atoms with Crippen LogP contribution in [-0.2, 0) is 0 Å². The van der Waals surface area contributed by atoms with Crippen molar-refractivity contribution in [2.45, 2.75) is 38.6 Å². The number of carbonyl (C=O) groups excluding carboxylic acids is 1. The van der Waals surface area contributed by atoms with Crippen molar-refractivity contribution in [2.75, 3.05) is 0 Å². The van der Waals surface area contributed by atoms with Crippen LogP contribution in [0.3, 0.4) is 0 Å². The highest BCUT2D eigenvalue weighted by molar-refractivity contribution is 7.09. The van der Waals surface area contributed by atoms with Crippen molar-refractivity contribution >= 4 is 17.2 Å². The van der Waals surface area contributed by atoms with Gasteiger partial charge in [0, 0.05) is 11.4 Å². The maximum atomic E-state index is 12.0. The van der Waals surface area contributed by atoms with E-state index in [2.05, 4.69) is 10.3 Å². The van der Waals surface area contributed by atoms with Gasteiger partial charge in [-0.25, -0.2) is 4.98 Å². The molecule has 0 spiro atoms. The molecule has 19 heavy (non-hydrogen) atoms. The standard InChI is InChI=1S/C14H16N2O2S/c1-9-15-11(8-19-9)12-6-7-13(18-12)14(17)16-10-4-2-3-5-10/h6-8,10H,2-5H2,1H3,(H,16,17). The average molecular weight is 276 g/mol. The first kappa shape index (κ1) is 12.4. The van der Waals surface area contributed by atoms with Crippen LogP contribution >= 0.6 is 11.3 Å². The van der Waals surface area contributed by atoms with Gasteiger partial charge in [0.25, 0.3) is 5.91 Å². The lowest BCUT2D eigenvalue weighted by Gasteiger charge is -2.09. The van der Waals surface area contributed by atoms with Crippen LogP contribution in [0.5, 0.6) is 0 Å². The van der Waals surface area contributed by atoms with Crippen molar-refractivity contribution < 1.29 is 9.21 Å². The minimum atomic E-state index is -0.120. The number of amides is 1. The summed E-state index contributed by atoms with van der Waals surface area (Å²) in [5, 5.41) is 5.94. The van der Waals surface area contributed by atoms with Crippen molar-refractivity contribution in [3.05, 3.63) is 28.3 Å². The number of nitrogens with one attached hydrogen (secondary N) is 1. The van der Waals surface area contributed by atoms with Crippen LogP contribution in [0, 0.1) is 6.92 Å². The molecule has 1 fully saturated rings. The van der Waals surface area contributed by atoms with Crippen LogP contribution in [0.15, 0.2) is 21.9 Å². The number of thiazole rings is 1. The molecule has 0 bridgehead atoms. The molecule has 0 unspecified atom stereocenters. The second-order valence-corrected chi connectivity index (χ2v) is 5.93. The molecule has 1 aliphatic rings. The second kappa shape index (κ2) is 5.17. The van der Waals surface area contributed by atoms with Crippen LogP contribution < -0.4 is 5.32 Å². The molecule has 0 atom stereocenters. The summed E-state index contributed by atoms with van der Waals surface area (Å²) in [6.45, 7) is 1.95. The summed E-state index contributed by atoms with van der Waals surface area (Å²) in [6.07, 6.45) is 4.55. The van der Waals surface area contributed by atoms with E-state index in [-0.39, 0.29) is 5.91 Å². The van der Waals surface area contributed by atoms with Crippen molar-refractivity contribution in [3.63, 3.8) is 0 Å². The number of hydrogen-bond donors (Lipinski definition) is 1. The van der Waals surface area contributed by atoms with Gasteiger partial charge in [0.05, 0.1) is 5.01 Å². The normalized spacial score (nSPS) is 15.8. The van der Waals surface area contributed by atoms with E-state index in [1.807, 2.05) is 12.3 Å². The average Bonchev–Trinajstić information content (AvgIpc) is 3.07. The molecule has 1 aliphatic carbocycles. The molecule has 1 saturated carbocycles. The molecule has 0 aromatic carbocycles. The molecule has 100 valence electrons. The minimum absolute atomic E-state index is 0.120. The van der Waals surface area contributed by atoms with E-state index in [0.717, 1.165) is 23.5 Å². The first-order valence-corrected chi connectivity index (χ1v) is 7.43. The summed E-state index contributed by atoms with van der Waals surface area (Å²) in [5.41, 5.74) is 0.794. The topological polar surface area (TPSA) is 55.1 Å². The number of aromatic nitrogens is 1. The monoisotopic (exact) mass is 276 g/mol. The highest BCUT2D eigenvalue weighted by atomic mass is 32.1. The molecule has 0 radical (unpaired) electrons. The summed E-state index contributed by atoms with van der Waals surface area (Å²) in [7, 11) is 0. The number of furan rings is 1. The molecule has 2 heterocycles. The zero-order chi connectivity index (χ0) is 13.2. The molecular weight excluding hydrogens is 260 g/mol. The van der Waals surface area contributed by atoms with E-state index in [1.165, 1.54) is 12.8 Å². The predicted molar refractivity (Wildman–Crippen MR) is 74.3 cm³/mol. The molecular formula is C14H16N2O2S. The lowest BCUT2D eigenvalue weighted by molar-refractivity contribution is 0.0910. The van der Waals surface area contributed by atoms with Crippen molar-refractivity contribution in [2.24, 2.45) is 0 Å². The van der Waals surface area contributed by atoms with Crippen LogP contribution in [0.25, 0.3) is 11.5 Å². The Kier molecular flexibility index (Phi) is 3.38. The van der Waals surface area contributed by atoms with E-state index < -0.39 is 0 Å². The molecule has 1 amide bonds. The highest BCUT2D eigenvalue weighted by Crippen LogP contribution is 2.24. The van der Waals surface area contributed by atoms with Gasteiger partial charge in [-0.05, 0) is 31.9 Å². The lowest BCUT2D eigenvalue weighted by Crippen LogP contribution is -2.32. The molecule has 5 heteroatoms. The Labute approximate surface area is 115 Å². The molecule has 0 aliphatic heterocycles. The first-order chi connectivity index (χ1) is 9.22. The SMILES string of the molecule is Cc1nc(-c2ccc(C(=O)NC3CCCC3)o2)cs1. The molecule has 0 saturated heterocycles. The third kappa shape index (κ3) is 2.71. The smallest absolute Gasteiger partial charge is 0.287 e. The Balaban J connectivity index is 1.71. The van der Waals surface area contributed by atoms with Crippen LogP contribution in [-0.4, -0.2) is 16.9 Å². The number of aryl methyl sites for hydroxylation is 1.